The van der Waals surface area contributed by atoms with Gasteiger partial charge in [-0.05, 0) is 56.4 Å². The van der Waals surface area contributed by atoms with Crippen LogP contribution in [0, 0.1) is 19.8 Å². The fourth-order valence-electron chi connectivity index (χ4n) is 4.08. The average Bonchev–Trinajstić information content (AvgIpc) is 3.03. The quantitative estimate of drug-likeness (QED) is 0.889. The van der Waals surface area contributed by atoms with Gasteiger partial charge in [-0.2, -0.15) is 0 Å². The molecule has 2 aliphatic heterocycles. The van der Waals surface area contributed by atoms with E-state index in [1.54, 1.807) is 0 Å². The number of aryl methyl sites for hydroxylation is 2. The van der Waals surface area contributed by atoms with Crippen LogP contribution in [0.5, 0.6) is 5.75 Å². The third kappa shape index (κ3) is 4.53. The first-order chi connectivity index (χ1) is 12.0. The van der Waals surface area contributed by atoms with Crippen molar-refractivity contribution < 1.29 is 19.4 Å². The Balaban J connectivity index is 1.53. The minimum Gasteiger partial charge on any atom is -0.493 e. The number of benzene rings is 1. The molecule has 25 heavy (non-hydrogen) atoms. The first-order valence-corrected chi connectivity index (χ1v) is 9.31. The highest BCUT2D eigenvalue weighted by Crippen LogP contribution is 2.30. The highest BCUT2D eigenvalue weighted by molar-refractivity contribution is 5.77. The molecule has 5 nitrogen and oxygen atoms in total. The van der Waals surface area contributed by atoms with Crippen molar-refractivity contribution in [3.05, 3.63) is 29.3 Å². The van der Waals surface area contributed by atoms with Crippen molar-refractivity contribution in [2.45, 2.75) is 51.7 Å². The van der Waals surface area contributed by atoms with Crippen molar-refractivity contribution in [2.24, 2.45) is 5.92 Å². The third-order valence-electron chi connectivity index (χ3n) is 5.26. The second-order valence-electron chi connectivity index (χ2n) is 7.31. The fourth-order valence-corrected chi connectivity index (χ4v) is 4.08. The maximum atomic E-state index is 12.7. The summed E-state index contributed by atoms with van der Waals surface area (Å²) in [5, 5.41) is 10.3. The number of amides is 1. The number of ether oxygens (including phenoxy) is 2. The molecule has 0 aliphatic carbocycles. The van der Waals surface area contributed by atoms with Gasteiger partial charge in [-0.3, -0.25) is 4.79 Å². The van der Waals surface area contributed by atoms with Crippen LogP contribution in [0.1, 0.15) is 36.8 Å². The van der Waals surface area contributed by atoms with Gasteiger partial charge in [0.05, 0.1) is 25.7 Å². The van der Waals surface area contributed by atoms with E-state index in [-0.39, 0.29) is 24.0 Å². The Hall–Kier alpha value is -1.59. The summed E-state index contributed by atoms with van der Waals surface area (Å²) in [6.07, 6.45) is 2.62. The lowest BCUT2D eigenvalue weighted by Gasteiger charge is -2.37. The predicted octanol–water partition coefficient (Wildman–Crippen LogP) is 2.46. The van der Waals surface area contributed by atoms with Gasteiger partial charge >= 0.3 is 0 Å². The SMILES string of the molecule is Cc1cc(C)cc(OCCC(=O)N2CCCC2C2COCCC2O)c1. The highest BCUT2D eigenvalue weighted by Gasteiger charge is 2.39. The van der Waals surface area contributed by atoms with Gasteiger partial charge in [-0.25, -0.2) is 0 Å². The molecule has 0 aromatic heterocycles. The molecule has 1 aromatic rings. The van der Waals surface area contributed by atoms with Crippen molar-refractivity contribution in [1.29, 1.82) is 0 Å². The second-order valence-corrected chi connectivity index (χ2v) is 7.31. The maximum absolute atomic E-state index is 12.7. The van der Waals surface area contributed by atoms with Gasteiger partial charge in [-0.1, -0.05) is 6.07 Å². The lowest BCUT2D eigenvalue weighted by atomic mass is 9.89. The zero-order chi connectivity index (χ0) is 17.8. The second kappa shape index (κ2) is 8.19. The topological polar surface area (TPSA) is 59.0 Å². The number of carbonyl (C=O) groups excluding carboxylic acids is 1. The highest BCUT2D eigenvalue weighted by atomic mass is 16.5. The van der Waals surface area contributed by atoms with E-state index in [4.69, 9.17) is 9.47 Å². The van der Waals surface area contributed by atoms with Crippen LogP contribution in [-0.2, 0) is 9.53 Å². The molecule has 2 aliphatic rings. The maximum Gasteiger partial charge on any atom is 0.226 e. The minimum atomic E-state index is -0.362. The Bertz CT molecular complexity index is 583. The van der Waals surface area contributed by atoms with E-state index in [0.29, 0.717) is 32.7 Å². The first kappa shape index (κ1) is 18.2. The van der Waals surface area contributed by atoms with Crippen molar-refractivity contribution in [3.63, 3.8) is 0 Å². The van der Waals surface area contributed by atoms with Gasteiger partial charge in [0.2, 0.25) is 5.91 Å². The van der Waals surface area contributed by atoms with E-state index < -0.39 is 0 Å². The van der Waals surface area contributed by atoms with Gasteiger partial charge in [0.25, 0.3) is 0 Å². The van der Waals surface area contributed by atoms with Crippen LogP contribution in [0.3, 0.4) is 0 Å². The summed E-state index contributed by atoms with van der Waals surface area (Å²) in [7, 11) is 0. The summed E-state index contributed by atoms with van der Waals surface area (Å²) in [5.74, 6) is 0.976. The molecule has 3 atom stereocenters. The Morgan fingerprint density at radius 2 is 2.04 bits per heavy atom. The van der Waals surface area contributed by atoms with Gasteiger partial charge in [0, 0.05) is 25.1 Å². The molecule has 5 heteroatoms. The molecule has 3 rings (SSSR count). The number of rotatable bonds is 5. The van der Waals surface area contributed by atoms with Gasteiger partial charge in [0.1, 0.15) is 5.75 Å². The van der Waals surface area contributed by atoms with Crippen LogP contribution >= 0.6 is 0 Å². The molecule has 1 amide bonds. The molecule has 1 aromatic carbocycles. The normalized spacial score (nSPS) is 26.7. The number of hydrogen-bond donors (Lipinski definition) is 1. The number of aliphatic hydroxyl groups excluding tert-OH is 1. The lowest BCUT2D eigenvalue weighted by Crippen LogP contribution is -2.48. The number of nitrogens with zero attached hydrogens (tertiary/aromatic N) is 1. The average molecular weight is 347 g/mol. The van der Waals surface area contributed by atoms with Crippen molar-refractivity contribution in [2.75, 3.05) is 26.4 Å². The van der Waals surface area contributed by atoms with Gasteiger partial charge < -0.3 is 19.5 Å². The van der Waals surface area contributed by atoms with Crippen molar-refractivity contribution >= 4 is 5.91 Å². The Morgan fingerprint density at radius 1 is 1.28 bits per heavy atom. The van der Waals surface area contributed by atoms with Crippen LogP contribution in [0.15, 0.2) is 18.2 Å². The third-order valence-corrected chi connectivity index (χ3v) is 5.26. The molecule has 0 radical (unpaired) electrons. The van der Waals surface area contributed by atoms with E-state index in [1.807, 2.05) is 30.9 Å². The Labute approximate surface area is 149 Å². The number of aliphatic hydroxyl groups is 1. The van der Waals surface area contributed by atoms with Crippen molar-refractivity contribution in [3.8, 4) is 5.75 Å². The van der Waals surface area contributed by atoms with Crippen LogP contribution in [-0.4, -0.2) is 54.4 Å². The van der Waals surface area contributed by atoms with Crippen LogP contribution < -0.4 is 4.74 Å². The molecule has 1 N–H and O–H groups in total. The lowest BCUT2D eigenvalue weighted by molar-refractivity contribution is -0.136. The van der Waals surface area contributed by atoms with Gasteiger partial charge in [-0.15, -0.1) is 0 Å². The summed E-state index contributed by atoms with van der Waals surface area (Å²) < 4.78 is 11.3. The van der Waals surface area contributed by atoms with Crippen molar-refractivity contribution in [1.82, 2.24) is 4.90 Å². The predicted molar refractivity (Wildman–Crippen MR) is 95.7 cm³/mol. The van der Waals surface area contributed by atoms with Crippen LogP contribution in [0.2, 0.25) is 0 Å². The number of carbonyl (C=O) groups is 1. The molecule has 0 saturated carbocycles. The monoisotopic (exact) mass is 347 g/mol. The molecule has 3 unspecified atom stereocenters. The van der Waals surface area contributed by atoms with E-state index in [9.17, 15) is 9.90 Å². The van der Waals surface area contributed by atoms with Gasteiger partial charge in [0.15, 0.2) is 0 Å². The molecular formula is C20H29NO4. The zero-order valence-corrected chi connectivity index (χ0v) is 15.2. The summed E-state index contributed by atoms with van der Waals surface area (Å²) in [4.78, 5) is 14.6. The molecule has 2 heterocycles. The summed E-state index contributed by atoms with van der Waals surface area (Å²) in [5.41, 5.74) is 2.32. The smallest absolute Gasteiger partial charge is 0.226 e. The summed E-state index contributed by atoms with van der Waals surface area (Å²) >= 11 is 0. The molecular weight excluding hydrogens is 318 g/mol. The standard InChI is InChI=1S/C20H29NO4/c1-14-10-15(2)12-16(11-14)25-9-6-20(23)21-7-3-4-18(21)17-13-24-8-5-19(17)22/h10-12,17-19,22H,3-9,13H2,1-2H3. The van der Waals surface area contributed by atoms with E-state index in [0.717, 1.165) is 36.3 Å². The number of hydrogen-bond acceptors (Lipinski definition) is 4. The largest absolute Gasteiger partial charge is 0.493 e. The molecule has 2 fully saturated rings. The van der Waals surface area contributed by atoms with Crippen LogP contribution in [0.4, 0.5) is 0 Å². The first-order valence-electron chi connectivity index (χ1n) is 9.31. The van der Waals surface area contributed by atoms with E-state index in [1.165, 1.54) is 0 Å². The zero-order valence-electron chi connectivity index (χ0n) is 15.2. The summed E-state index contributed by atoms with van der Waals surface area (Å²) in [6.45, 7) is 6.40. The molecule has 138 valence electrons. The van der Waals surface area contributed by atoms with Crippen LogP contribution in [0.25, 0.3) is 0 Å². The Kier molecular flexibility index (Phi) is 5.97. The molecule has 0 bridgehead atoms. The minimum absolute atomic E-state index is 0.0422. The fraction of sp³-hybridized carbons (Fsp3) is 0.650. The molecule has 2 saturated heterocycles. The molecule has 0 spiro atoms. The summed E-state index contributed by atoms with van der Waals surface area (Å²) in [6, 6.07) is 6.19. The number of likely N-dealkylation sites (tertiary alicyclic amines) is 1. The van der Waals surface area contributed by atoms with E-state index >= 15 is 0 Å². The van der Waals surface area contributed by atoms with E-state index in [2.05, 4.69) is 6.07 Å². The Morgan fingerprint density at radius 3 is 2.76 bits per heavy atom.